The number of aryl methyl sites for hydroxylation is 1. The summed E-state index contributed by atoms with van der Waals surface area (Å²) in [7, 11) is 0. The van der Waals surface area contributed by atoms with Crippen LogP contribution in [0.3, 0.4) is 0 Å². The van der Waals surface area contributed by atoms with Gasteiger partial charge in [-0.15, -0.1) is 10.2 Å². The van der Waals surface area contributed by atoms with E-state index in [1.165, 1.54) is 6.07 Å². The largest absolute Gasteiger partial charge is 0.415 e. The summed E-state index contributed by atoms with van der Waals surface area (Å²) in [4.78, 5) is 21.2. The van der Waals surface area contributed by atoms with Crippen molar-refractivity contribution in [2.45, 2.75) is 39.8 Å². The highest BCUT2D eigenvalue weighted by atomic mass is 16.4. The van der Waals surface area contributed by atoms with Crippen LogP contribution in [0, 0.1) is 6.92 Å². The minimum Gasteiger partial charge on any atom is -0.415 e. The Balaban J connectivity index is 0.00000193. The molecule has 3 aromatic heterocycles. The van der Waals surface area contributed by atoms with Gasteiger partial charge in [-0.2, -0.15) is 0 Å². The summed E-state index contributed by atoms with van der Waals surface area (Å²) in [6.07, 6.45) is 3.46. The first-order valence-electron chi connectivity index (χ1n) is 10.1. The molecular formula is C23H28N6O2. The van der Waals surface area contributed by atoms with E-state index in [2.05, 4.69) is 15.2 Å². The van der Waals surface area contributed by atoms with Gasteiger partial charge in [0.25, 0.3) is 11.4 Å². The lowest BCUT2D eigenvalue weighted by molar-refractivity contribution is 0.578. The van der Waals surface area contributed by atoms with E-state index in [9.17, 15) is 4.79 Å². The average molecular weight is 421 g/mol. The molecule has 0 bridgehead atoms. The smallest absolute Gasteiger partial charge is 0.268 e. The number of hydrogen-bond acceptors (Lipinski definition) is 7. The molecule has 0 aliphatic carbocycles. The Labute approximate surface area is 182 Å². The van der Waals surface area contributed by atoms with Crippen molar-refractivity contribution in [2.24, 2.45) is 5.73 Å². The highest BCUT2D eigenvalue weighted by Crippen LogP contribution is 2.27. The van der Waals surface area contributed by atoms with Gasteiger partial charge >= 0.3 is 0 Å². The molecule has 1 aromatic carbocycles. The predicted molar refractivity (Wildman–Crippen MR) is 122 cm³/mol. The van der Waals surface area contributed by atoms with E-state index >= 15 is 0 Å². The van der Waals surface area contributed by atoms with Crippen LogP contribution in [-0.4, -0.2) is 24.7 Å². The van der Waals surface area contributed by atoms with E-state index in [1.54, 1.807) is 23.0 Å². The van der Waals surface area contributed by atoms with Crippen molar-refractivity contribution >= 4 is 0 Å². The number of benzene rings is 1. The van der Waals surface area contributed by atoms with Crippen LogP contribution in [0.1, 0.15) is 47.0 Å². The van der Waals surface area contributed by atoms with Crippen molar-refractivity contribution in [3.63, 3.8) is 0 Å². The predicted octanol–water partition coefficient (Wildman–Crippen LogP) is 4.42. The van der Waals surface area contributed by atoms with Crippen molar-refractivity contribution in [3.05, 3.63) is 70.4 Å². The SMILES string of the molecule is Cc1ncc(-c2ccc(=O)n(C(C)C)c2)nc1-c1nnc(-c2cccc(C(C)N)c2)o1.[HH].[HH]. The lowest BCUT2D eigenvalue weighted by Gasteiger charge is -2.11. The zero-order chi connectivity index (χ0) is 22.1. The second kappa shape index (κ2) is 8.23. The third-order valence-electron chi connectivity index (χ3n) is 5.03. The van der Waals surface area contributed by atoms with Gasteiger partial charge < -0.3 is 14.7 Å². The Morgan fingerprint density at radius 3 is 2.58 bits per heavy atom. The van der Waals surface area contributed by atoms with Crippen molar-refractivity contribution in [1.82, 2.24) is 24.7 Å². The molecule has 0 aliphatic heterocycles. The van der Waals surface area contributed by atoms with Gasteiger partial charge in [-0.05, 0) is 51.5 Å². The Bertz CT molecular complexity index is 1300. The molecule has 1 atom stereocenters. The monoisotopic (exact) mass is 420 g/mol. The van der Waals surface area contributed by atoms with Gasteiger partial charge in [-0.1, -0.05) is 12.1 Å². The summed E-state index contributed by atoms with van der Waals surface area (Å²) < 4.78 is 7.58. The van der Waals surface area contributed by atoms with Gasteiger partial charge in [0.1, 0.15) is 5.69 Å². The molecule has 0 radical (unpaired) electrons. The fourth-order valence-corrected chi connectivity index (χ4v) is 3.24. The number of hydrogen-bond donors (Lipinski definition) is 1. The number of rotatable bonds is 5. The Kier molecular flexibility index (Phi) is 5.48. The molecule has 4 rings (SSSR count). The topological polar surface area (TPSA) is 113 Å². The molecule has 4 aromatic rings. The van der Waals surface area contributed by atoms with Crippen molar-refractivity contribution in [2.75, 3.05) is 0 Å². The van der Waals surface area contributed by atoms with Crippen molar-refractivity contribution in [1.29, 1.82) is 0 Å². The third kappa shape index (κ3) is 4.15. The number of nitrogens with two attached hydrogens (primary N) is 1. The molecule has 31 heavy (non-hydrogen) atoms. The summed E-state index contributed by atoms with van der Waals surface area (Å²) in [5.74, 6) is 0.669. The minimum absolute atomic E-state index is 0. The van der Waals surface area contributed by atoms with Crippen molar-refractivity contribution in [3.8, 4) is 34.3 Å². The van der Waals surface area contributed by atoms with Gasteiger partial charge in [0, 0.05) is 38.3 Å². The van der Waals surface area contributed by atoms with Crippen LogP contribution < -0.4 is 11.3 Å². The van der Waals surface area contributed by atoms with Crippen LogP contribution >= 0.6 is 0 Å². The maximum absolute atomic E-state index is 12.1. The van der Waals surface area contributed by atoms with Gasteiger partial charge in [0.2, 0.25) is 5.89 Å². The first kappa shape index (κ1) is 20.6. The van der Waals surface area contributed by atoms with Crippen LogP contribution in [0.5, 0.6) is 0 Å². The first-order chi connectivity index (χ1) is 14.8. The number of pyridine rings is 1. The molecule has 3 heterocycles. The van der Waals surface area contributed by atoms with Crippen LogP contribution in [0.2, 0.25) is 0 Å². The molecule has 0 spiro atoms. The van der Waals surface area contributed by atoms with E-state index in [0.717, 1.165) is 16.7 Å². The highest BCUT2D eigenvalue weighted by Gasteiger charge is 2.17. The zero-order valence-corrected chi connectivity index (χ0v) is 17.9. The van der Waals surface area contributed by atoms with Crippen LogP contribution in [-0.2, 0) is 0 Å². The molecule has 1 unspecified atom stereocenters. The van der Waals surface area contributed by atoms with Crippen LogP contribution in [0.25, 0.3) is 34.3 Å². The van der Waals surface area contributed by atoms with Gasteiger partial charge in [0.05, 0.1) is 17.6 Å². The van der Waals surface area contributed by atoms with Crippen molar-refractivity contribution < 1.29 is 7.27 Å². The van der Waals surface area contributed by atoms with E-state index in [1.807, 2.05) is 52.0 Å². The second-order valence-electron chi connectivity index (χ2n) is 7.77. The molecule has 0 saturated carbocycles. The van der Waals surface area contributed by atoms with Gasteiger partial charge in [-0.25, -0.2) is 4.98 Å². The molecule has 0 saturated heterocycles. The molecular weight excluding hydrogens is 392 g/mol. The Hall–Kier alpha value is -3.65. The Morgan fingerprint density at radius 1 is 1.06 bits per heavy atom. The van der Waals surface area contributed by atoms with Gasteiger partial charge in [-0.3, -0.25) is 9.78 Å². The quantitative estimate of drug-likeness (QED) is 0.508. The second-order valence-corrected chi connectivity index (χ2v) is 7.77. The standard InChI is InChI=1S/C23H24N6O2.2H2/c1-13(2)29-12-18(8-9-20(29)30)19-11-25-15(4)21(26-19)23-28-27-22(31-23)17-7-5-6-16(10-17)14(3)24;;/h5-14H,24H2,1-4H3;2*1H. The normalized spacial score (nSPS) is 12.3. The molecule has 162 valence electrons. The molecule has 2 N–H and O–H groups in total. The maximum Gasteiger partial charge on any atom is 0.268 e. The summed E-state index contributed by atoms with van der Waals surface area (Å²) in [6, 6.07) is 10.9. The first-order valence-corrected chi connectivity index (χ1v) is 10.1. The fourth-order valence-electron chi connectivity index (χ4n) is 3.24. The minimum atomic E-state index is -0.0961. The summed E-state index contributed by atoms with van der Waals surface area (Å²) in [5, 5.41) is 8.37. The maximum atomic E-state index is 12.1. The van der Waals surface area contributed by atoms with E-state index in [0.29, 0.717) is 23.0 Å². The summed E-state index contributed by atoms with van der Waals surface area (Å²) in [5.41, 5.74) is 10.3. The lowest BCUT2D eigenvalue weighted by Crippen LogP contribution is -2.20. The van der Waals surface area contributed by atoms with E-state index in [-0.39, 0.29) is 26.4 Å². The Morgan fingerprint density at radius 2 is 1.84 bits per heavy atom. The summed E-state index contributed by atoms with van der Waals surface area (Å²) in [6.45, 7) is 7.67. The van der Waals surface area contributed by atoms with E-state index in [4.69, 9.17) is 15.1 Å². The number of nitrogens with zero attached hydrogens (tertiary/aromatic N) is 5. The average Bonchev–Trinajstić information content (AvgIpc) is 3.24. The number of aromatic nitrogens is 5. The lowest BCUT2D eigenvalue weighted by atomic mass is 10.1. The molecule has 8 heteroatoms. The van der Waals surface area contributed by atoms with Gasteiger partial charge in [0.15, 0.2) is 0 Å². The van der Waals surface area contributed by atoms with Crippen LogP contribution in [0.4, 0.5) is 0 Å². The molecule has 0 fully saturated rings. The fraction of sp³-hybridized carbons (Fsp3) is 0.261. The molecule has 8 nitrogen and oxygen atoms in total. The molecule has 0 aliphatic rings. The summed E-state index contributed by atoms with van der Waals surface area (Å²) >= 11 is 0. The zero-order valence-electron chi connectivity index (χ0n) is 17.9. The third-order valence-corrected chi connectivity index (χ3v) is 5.03. The van der Waals surface area contributed by atoms with Crippen LogP contribution in [0.15, 0.2) is 58.0 Å². The highest BCUT2D eigenvalue weighted by molar-refractivity contribution is 5.63. The molecule has 0 amide bonds. The van der Waals surface area contributed by atoms with E-state index < -0.39 is 0 Å².